The quantitative estimate of drug-likeness (QED) is 0.358. The molecule has 0 bridgehead atoms. The second-order valence-electron chi connectivity index (χ2n) is 6.99. The van der Waals surface area contributed by atoms with Crippen LogP contribution in [-0.4, -0.2) is 44.7 Å². The van der Waals surface area contributed by atoms with Gasteiger partial charge in [-0.2, -0.15) is 0 Å². The van der Waals surface area contributed by atoms with Gasteiger partial charge in [0.1, 0.15) is 37.1 Å². The van der Waals surface area contributed by atoms with Crippen molar-refractivity contribution in [2.24, 2.45) is 0 Å². The number of hydrogen-bond acceptors (Lipinski definition) is 6. The molecular formula is C26H30O6. The normalized spacial score (nSPS) is 10.7. The van der Waals surface area contributed by atoms with E-state index in [-0.39, 0.29) is 13.2 Å². The molecular weight excluding hydrogens is 408 g/mol. The fourth-order valence-corrected chi connectivity index (χ4v) is 2.92. The van der Waals surface area contributed by atoms with E-state index in [1.807, 2.05) is 60.7 Å². The van der Waals surface area contributed by atoms with Crippen LogP contribution in [0, 0.1) is 0 Å². The van der Waals surface area contributed by atoms with Crippen LogP contribution in [0.4, 0.5) is 0 Å². The van der Waals surface area contributed by atoms with Crippen molar-refractivity contribution in [3.8, 4) is 17.2 Å². The van der Waals surface area contributed by atoms with E-state index in [4.69, 9.17) is 28.8 Å². The number of ether oxygens (including phenoxy) is 5. The molecule has 0 aliphatic rings. The van der Waals surface area contributed by atoms with Gasteiger partial charge in [-0.25, -0.2) is 0 Å². The van der Waals surface area contributed by atoms with Crippen molar-refractivity contribution < 1.29 is 28.8 Å². The van der Waals surface area contributed by atoms with Crippen LogP contribution >= 0.6 is 0 Å². The minimum atomic E-state index is -0.0675. The molecule has 3 aromatic carbocycles. The summed E-state index contributed by atoms with van der Waals surface area (Å²) >= 11 is 0. The van der Waals surface area contributed by atoms with Gasteiger partial charge in [-0.1, -0.05) is 60.7 Å². The zero-order valence-electron chi connectivity index (χ0n) is 18.2. The number of benzene rings is 3. The standard InChI is InChI=1S/C26H30O6/c27-11-12-30-24-17-25(31-15-13-28-20-22-7-3-1-4-8-22)19-26(18-24)32-16-14-29-21-23-9-5-2-6-10-23/h1-10,17-19,27H,11-16,20-21H2. The first-order valence-electron chi connectivity index (χ1n) is 10.7. The maximum atomic E-state index is 9.03. The van der Waals surface area contributed by atoms with Gasteiger partial charge in [-0.05, 0) is 11.1 Å². The predicted molar refractivity (Wildman–Crippen MR) is 122 cm³/mol. The molecule has 0 radical (unpaired) electrons. The molecule has 32 heavy (non-hydrogen) atoms. The number of aliphatic hydroxyl groups is 1. The number of hydrogen-bond donors (Lipinski definition) is 1. The van der Waals surface area contributed by atoms with E-state index in [0.29, 0.717) is 56.9 Å². The average Bonchev–Trinajstić information content (AvgIpc) is 2.83. The second kappa shape index (κ2) is 14.1. The summed E-state index contributed by atoms with van der Waals surface area (Å²) in [6.07, 6.45) is 0. The van der Waals surface area contributed by atoms with Gasteiger partial charge in [0, 0.05) is 18.2 Å². The summed E-state index contributed by atoms with van der Waals surface area (Å²) in [5, 5.41) is 9.03. The third-order valence-corrected chi connectivity index (χ3v) is 4.43. The van der Waals surface area contributed by atoms with Gasteiger partial charge >= 0.3 is 0 Å². The Bertz CT molecular complexity index is 818. The zero-order chi connectivity index (χ0) is 22.3. The van der Waals surface area contributed by atoms with Crippen LogP contribution in [0.5, 0.6) is 17.2 Å². The summed E-state index contributed by atoms with van der Waals surface area (Å²) < 4.78 is 28.5. The van der Waals surface area contributed by atoms with Gasteiger partial charge in [-0.3, -0.25) is 0 Å². The van der Waals surface area contributed by atoms with E-state index in [1.54, 1.807) is 18.2 Å². The Labute approximate surface area is 189 Å². The van der Waals surface area contributed by atoms with E-state index in [2.05, 4.69) is 0 Å². The van der Waals surface area contributed by atoms with Gasteiger partial charge in [0.15, 0.2) is 0 Å². The lowest BCUT2D eigenvalue weighted by atomic mass is 10.2. The highest BCUT2D eigenvalue weighted by molar-refractivity contribution is 5.42. The minimum Gasteiger partial charge on any atom is -0.491 e. The summed E-state index contributed by atoms with van der Waals surface area (Å²) in [6, 6.07) is 25.3. The van der Waals surface area contributed by atoms with Crippen LogP contribution in [-0.2, 0) is 22.7 Å². The molecule has 0 aliphatic heterocycles. The van der Waals surface area contributed by atoms with Gasteiger partial charge in [-0.15, -0.1) is 0 Å². The lowest BCUT2D eigenvalue weighted by molar-refractivity contribution is 0.0864. The Hall–Kier alpha value is -3.06. The van der Waals surface area contributed by atoms with Crippen molar-refractivity contribution in [3.63, 3.8) is 0 Å². The van der Waals surface area contributed by atoms with Crippen molar-refractivity contribution in [1.29, 1.82) is 0 Å². The highest BCUT2D eigenvalue weighted by Gasteiger charge is 2.05. The summed E-state index contributed by atoms with van der Waals surface area (Å²) in [7, 11) is 0. The summed E-state index contributed by atoms with van der Waals surface area (Å²) in [4.78, 5) is 0. The number of aliphatic hydroxyl groups excluding tert-OH is 1. The molecule has 0 saturated carbocycles. The molecule has 3 rings (SSSR count). The van der Waals surface area contributed by atoms with Crippen LogP contribution < -0.4 is 14.2 Å². The van der Waals surface area contributed by atoms with Crippen molar-refractivity contribution in [3.05, 3.63) is 90.0 Å². The van der Waals surface area contributed by atoms with Crippen molar-refractivity contribution in [2.75, 3.05) is 39.6 Å². The molecule has 0 heterocycles. The maximum Gasteiger partial charge on any atom is 0.126 e. The fourth-order valence-electron chi connectivity index (χ4n) is 2.92. The topological polar surface area (TPSA) is 66.4 Å². The third kappa shape index (κ3) is 8.98. The predicted octanol–water partition coefficient (Wildman–Crippen LogP) is 4.25. The molecule has 0 saturated heterocycles. The van der Waals surface area contributed by atoms with E-state index in [1.165, 1.54) is 0 Å². The first-order chi connectivity index (χ1) is 15.8. The van der Waals surface area contributed by atoms with Crippen molar-refractivity contribution >= 4 is 0 Å². The molecule has 0 amide bonds. The minimum absolute atomic E-state index is 0.0675. The van der Waals surface area contributed by atoms with Crippen LogP contribution in [0.1, 0.15) is 11.1 Å². The smallest absolute Gasteiger partial charge is 0.126 e. The Kier molecular flexibility index (Phi) is 10.4. The highest BCUT2D eigenvalue weighted by Crippen LogP contribution is 2.28. The molecule has 0 atom stereocenters. The van der Waals surface area contributed by atoms with Crippen LogP contribution in [0.2, 0.25) is 0 Å². The Balaban J connectivity index is 1.43. The zero-order valence-corrected chi connectivity index (χ0v) is 18.2. The third-order valence-electron chi connectivity index (χ3n) is 4.43. The summed E-state index contributed by atoms with van der Waals surface area (Å²) in [6.45, 7) is 2.93. The molecule has 3 aromatic rings. The van der Waals surface area contributed by atoms with Gasteiger partial charge in [0.05, 0.1) is 33.0 Å². The second-order valence-corrected chi connectivity index (χ2v) is 6.99. The van der Waals surface area contributed by atoms with Crippen LogP contribution in [0.25, 0.3) is 0 Å². The maximum absolute atomic E-state index is 9.03. The van der Waals surface area contributed by atoms with E-state index < -0.39 is 0 Å². The van der Waals surface area contributed by atoms with Gasteiger partial charge in [0.25, 0.3) is 0 Å². The van der Waals surface area contributed by atoms with Crippen molar-refractivity contribution in [2.45, 2.75) is 13.2 Å². The highest BCUT2D eigenvalue weighted by atomic mass is 16.5. The fraction of sp³-hybridized carbons (Fsp3) is 0.308. The van der Waals surface area contributed by atoms with Gasteiger partial charge in [0.2, 0.25) is 0 Å². The molecule has 0 unspecified atom stereocenters. The summed E-state index contributed by atoms with van der Waals surface area (Å²) in [5.41, 5.74) is 2.24. The molecule has 170 valence electrons. The average molecular weight is 439 g/mol. The van der Waals surface area contributed by atoms with Gasteiger partial charge < -0.3 is 28.8 Å². The first kappa shape index (κ1) is 23.6. The number of rotatable bonds is 15. The lowest BCUT2D eigenvalue weighted by Crippen LogP contribution is -2.09. The van der Waals surface area contributed by atoms with Crippen LogP contribution in [0.3, 0.4) is 0 Å². The molecule has 0 aliphatic carbocycles. The first-order valence-corrected chi connectivity index (χ1v) is 10.7. The lowest BCUT2D eigenvalue weighted by Gasteiger charge is -2.13. The Morgan fingerprint density at radius 1 is 0.500 bits per heavy atom. The van der Waals surface area contributed by atoms with E-state index in [0.717, 1.165) is 11.1 Å². The van der Waals surface area contributed by atoms with Crippen LogP contribution in [0.15, 0.2) is 78.9 Å². The molecule has 0 fully saturated rings. The van der Waals surface area contributed by atoms with Crippen molar-refractivity contribution in [1.82, 2.24) is 0 Å². The monoisotopic (exact) mass is 438 g/mol. The molecule has 0 aromatic heterocycles. The molecule has 6 nitrogen and oxygen atoms in total. The largest absolute Gasteiger partial charge is 0.491 e. The Morgan fingerprint density at radius 2 is 0.906 bits per heavy atom. The Morgan fingerprint density at radius 3 is 1.31 bits per heavy atom. The molecule has 1 N–H and O–H groups in total. The van der Waals surface area contributed by atoms with E-state index >= 15 is 0 Å². The molecule has 6 heteroatoms. The summed E-state index contributed by atoms with van der Waals surface area (Å²) in [5.74, 6) is 1.80. The van der Waals surface area contributed by atoms with E-state index in [9.17, 15) is 0 Å². The SMILES string of the molecule is OCCOc1cc(OCCOCc2ccccc2)cc(OCCOCc2ccccc2)c1. The molecule has 0 spiro atoms.